The molecule has 0 saturated carbocycles. The minimum absolute atomic E-state index is 0.0480. The lowest BCUT2D eigenvalue weighted by Crippen LogP contribution is -2.35. The van der Waals surface area contributed by atoms with Gasteiger partial charge in [-0.05, 0) is 12.1 Å². The molecule has 1 amide bonds. The number of carbonyl (C=O) groups is 1. The number of hydrogen-bond acceptors (Lipinski definition) is 5. The van der Waals surface area contributed by atoms with Crippen molar-refractivity contribution in [3.8, 4) is 17.0 Å². The van der Waals surface area contributed by atoms with Crippen LogP contribution >= 0.6 is 11.3 Å². The minimum Gasteiger partial charge on any atom is -0.482 e. The van der Waals surface area contributed by atoms with Crippen LogP contribution in [0.3, 0.4) is 0 Å². The van der Waals surface area contributed by atoms with Gasteiger partial charge in [0.25, 0.3) is 5.91 Å². The molecule has 0 aliphatic carbocycles. The number of amides is 1. The zero-order chi connectivity index (χ0) is 12.7. The van der Waals surface area contributed by atoms with E-state index >= 15 is 0 Å². The highest BCUT2D eigenvalue weighted by Crippen LogP contribution is 2.35. The summed E-state index contributed by atoms with van der Waals surface area (Å²) in [5.41, 5.74) is 8.15. The third-order valence-electron chi connectivity index (χ3n) is 2.86. The number of nitrogen functional groups attached to an aromatic ring is 1. The van der Waals surface area contributed by atoms with E-state index in [-0.39, 0.29) is 12.5 Å². The molecule has 5 nitrogen and oxygen atoms in total. The Balaban J connectivity index is 2.04. The van der Waals surface area contributed by atoms with Crippen molar-refractivity contribution in [1.29, 1.82) is 0 Å². The molecule has 3 rings (SSSR count). The fourth-order valence-electron chi connectivity index (χ4n) is 1.86. The number of nitrogens with zero attached hydrogens (tertiary/aromatic N) is 2. The van der Waals surface area contributed by atoms with E-state index in [1.165, 1.54) is 11.3 Å². The third kappa shape index (κ3) is 1.70. The average Bonchev–Trinajstić information content (AvgIpc) is 2.80. The van der Waals surface area contributed by atoms with Gasteiger partial charge in [0.1, 0.15) is 5.75 Å². The number of nitrogens with two attached hydrogens (primary N) is 1. The quantitative estimate of drug-likeness (QED) is 0.849. The second kappa shape index (κ2) is 3.99. The van der Waals surface area contributed by atoms with Gasteiger partial charge in [-0.15, -0.1) is 11.3 Å². The smallest absolute Gasteiger partial charge is 0.264 e. The number of benzene rings is 1. The topological polar surface area (TPSA) is 68.5 Å². The molecule has 2 N–H and O–H groups in total. The Labute approximate surface area is 108 Å². The first kappa shape index (κ1) is 11.0. The maximum Gasteiger partial charge on any atom is 0.264 e. The van der Waals surface area contributed by atoms with Gasteiger partial charge in [-0.3, -0.25) is 4.79 Å². The average molecular weight is 261 g/mol. The zero-order valence-electron chi connectivity index (χ0n) is 9.71. The Morgan fingerprint density at radius 2 is 2.33 bits per heavy atom. The predicted octanol–water partition coefficient (Wildman–Crippen LogP) is 1.75. The highest BCUT2D eigenvalue weighted by atomic mass is 32.1. The largest absolute Gasteiger partial charge is 0.482 e. The maximum atomic E-state index is 11.5. The number of rotatable bonds is 1. The van der Waals surface area contributed by atoms with Gasteiger partial charge in [-0.2, -0.15) is 0 Å². The first-order valence-corrected chi connectivity index (χ1v) is 6.28. The van der Waals surface area contributed by atoms with Gasteiger partial charge in [0.2, 0.25) is 0 Å². The van der Waals surface area contributed by atoms with Crippen molar-refractivity contribution in [2.45, 2.75) is 0 Å². The van der Waals surface area contributed by atoms with Crippen LogP contribution in [0.15, 0.2) is 23.6 Å². The summed E-state index contributed by atoms with van der Waals surface area (Å²) in [5, 5.41) is 2.44. The lowest BCUT2D eigenvalue weighted by atomic mass is 10.1. The number of carbonyl (C=O) groups excluding carboxylic acids is 1. The van der Waals surface area contributed by atoms with Crippen LogP contribution in [0.1, 0.15) is 0 Å². The summed E-state index contributed by atoms with van der Waals surface area (Å²) in [5.74, 6) is 0.648. The molecule has 0 saturated heterocycles. The summed E-state index contributed by atoms with van der Waals surface area (Å²) in [7, 11) is 1.74. The number of ether oxygens (including phenoxy) is 1. The number of fused-ring (bicyclic) bond motifs is 1. The van der Waals surface area contributed by atoms with E-state index in [2.05, 4.69) is 4.98 Å². The van der Waals surface area contributed by atoms with Crippen LogP contribution in [0.4, 0.5) is 10.8 Å². The summed E-state index contributed by atoms with van der Waals surface area (Å²) < 4.78 is 5.43. The Hall–Kier alpha value is -2.08. The molecular formula is C12H11N3O2S. The van der Waals surface area contributed by atoms with E-state index in [1.54, 1.807) is 11.9 Å². The molecular weight excluding hydrogens is 250 g/mol. The van der Waals surface area contributed by atoms with Gasteiger partial charge in [-0.1, -0.05) is 6.07 Å². The monoisotopic (exact) mass is 261 g/mol. The van der Waals surface area contributed by atoms with Gasteiger partial charge in [0.05, 0.1) is 11.4 Å². The molecule has 0 radical (unpaired) electrons. The van der Waals surface area contributed by atoms with Crippen LogP contribution in [0.25, 0.3) is 11.3 Å². The molecule has 0 bridgehead atoms. The Morgan fingerprint density at radius 1 is 1.50 bits per heavy atom. The Morgan fingerprint density at radius 3 is 3.06 bits per heavy atom. The van der Waals surface area contributed by atoms with Crippen LogP contribution in [-0.4, -0.2) is 24.5 Å². The van der Waals surface area contributed by atoms with Crippen LogP contribution in [-0.2, 0) is 4.79 Å². The summed E-state index contributed by atoms with van der Waals surface area (Å²) in [4.78, 5) is 17.3. The second-order valence-electron chi connectivity index (χ2n) is 3.99. The summed E-state index contributed by atoms with van der Waals surface area (Å²) in [6.07, 6.45) is 0. The van der Waals surface area contributed by atoms with Crippen molar-refractivity contribution in [2.24, 2.45) is 0 Å². The van der Waals surface area contributed by atoms with Crippen molar-refractivity contribution in [1.82, 2.24) is 4.98 Å². The molecule has 0 fully saturated rings. The van der Waals surface area contributed by atoms with Crippen LogP contribution in [0.2, 0.25) is 0 Å². The lowest BCUT2D eigenvalue weighted by Gasteiger charge is -2.26. The van der Waals surface area contributed by atoms with Gasteiger partial charge >= 0.3 is 0 Å². The highest BCUT2D eigenvalue weighted by Gasteiger charge is 2.22. The molecule has 0 atom stereocenters. The van der Waals surface area contributed by atoms with Crippen LogP contribution in [0, 0.1) is 0 Å². The molecule has 0 unspecified atom stereocenters. The number of likely N-dealkylation sites (N-methyl/N-ethyl adjacent to an activating group) is 1. The molecule has 1 aromatic carbocycles. The van der Waals surface area contributed by atoms with Crippen molar-refractivity contribution in [3.05, 3.63) is 23.6 Å². The Bertz CT molecular complexity index is 624. The molecule has 6 heteroatoms. The van der Waals surface area contributed by atoms with Gasteiger partial charge in [-0.25, -0.2) is 4.98 Å². The van der Waals surface area contributed by atoms with Crippen molar-refractivity contribution >= 4 is 28.1 Å². The van der Waals surface area contributed by atoms with E-state index in [0.29, 0.717) is 10.9 Å². The van der Waals surface area contributed by atoms with Crippen molar-refractivity contribution in [3.63, 3.8) is 0 Å². The van der Waals surface area contributed by atoms with E-state index in [1.807, 2.05) is 23.6 Å². The van der Waals surface area contributed by atoms with Crippen LogP contribution < -0.4 is 15.4 Å². The fourth-order valence-corrected chi connectivity index (χ4v) is 2.43. The zero-order valence-corrected chi connectivity index (χ0v) is 10.5. The van der Waals surface area contributed by atoms with Gasteiger partial charge in [0, 0.05) is 18.0 Å². The second-order valence-corrected chi connectivity index (χ2v) is 4.88. The first-order valence-electron chi connectivity index (χ1n) is 5.40. The van der Waals surface area contributed by atoms with E-state index < -0.39 is 0 Å². The first-order chi connectivity index (χ1) is 8.65. The number of aromatic nitrogens is 1. The molecule has 1 aliphatic heterocycles. The molecule has 0 spiro atoms. The van der Waals surface area contributed by atoms with Gasteiger partial charge < -0.3 is 15.4 Å². The SMILES string of the molecule is CN1C(=O)COc2cc(-c3csc(N)n3)ccc21. The Kier molecular flexibility index (Phi) is 2.45. The van der Waals surface area contributed by atoms with Gasteiger partial charge in [0.15, 0.2) is 11.7 Å². The van der Waals surface area contributed by atoms with E-state index in [4.69, 9.17) is 10.5 Å². The van der Waals surface area contributed by atoms with Crippen molar-refractivity contribution in [2.75, 3.05) is 24.3 Å². The minimum atomic E-state index is -0.0480. The molecule has 92 valence electrons. The number of hydrogen-bond donors (Lipinski definition) is 1. The van der Waals surface area contributed by atoms with Crippen LogP contribution in [0.5, 0.6) is 5.75 Å². The molecule has 1 aromatic heterocycles. The lowest BCUT2D eigenvalue weighted by molar-refractivity contribution is -0.120. The summed E-state index contributed by atoms with van der Waals surface area (Å²) >= 11 is 1.40. The van der Waals surface area contributed by atoms with Crippen molar-refractivity contribution < 1.29 is 9.53 Å². The van der Waals surface area contributed by atoms with E-state index in [0.717, 1.165) is 16.9 Å². The fraction of sp³-hybridized carbons (Fsp3) is 0.167. The standard InChI is InChI=1S/C12H11N3O2S/c1-15-9-3-2-7(8-6-18-12(13)14-8)4-10(9)17-5-11(15)16/h2-4,6H,5H2,1H3,(H2,13,14). The summed E-state index contributed by atoms with van der Waals surface area (Å²) in [6.45, 7) is 0.0756. The maximum absolute atomic E-state index is 11.5. The molecule has 1 aliphatic rings. The summed E-state index contributed by atoms with van der Waals surface area (Å²) in [6, 6.07) is 5.65. The third-order valence-corrected chi connectivity index (χ3v) is 3.54. The highest BCUT2D eigenvalue weighted by molar-refractivity contribution is 7.13. The molecule has 2 heterocycles. The molecule has 2 aromatic rings. The molecule has 18 heavy (non-hydrogen) atoms. The number of thiazole rings is 1. The normalized spacial score (nSPS) is 14.3. The van der Waals surface area contributed by atoms with E-state index in [9.17, 15) is 4.79 Å². The number of anilines is 2. The predicted molar refractivity (Wildman–Crippen MR) is 70.9 cm³/mol.